The lowest BCUT2D eigenvalue weighted by Gasteiger charge is -2.26. The molecule has 2 N–H and O–H groups in total. The fourth-order valence-corrected chi connectivity index (χ4v) is 4.53. The average Bonchev–Trinajstić information content (AvgIpc) is 3.40. The third-order valence-electron chi connectivity index (χ3n) is 5.70. The van der Waals surface area contributed by atoms with E-state index in [4.69, 9.17) is 18.9 Å². The van der Waals surface area contributed by atoms with Gasteiger partial charge in [0.1, 0.15) is 6.61 Å². The number of esters is 1. The molecule has 0 aliphatic carbocycles. The second kappa shape index (κ2) is 7.90. The van der Waals surface area contributed by atoms with Gasteiger partial charge in [-0.25, -0.2) is 4.79 Å². The molecule has 2 aliphatic rings. The van der Waals surface area contributed by atoms with Gasteiger partial charge < -0.3 is 24.3 Å². The lowest BCUT2D eigenvalue weighted by atomic mass is 9.80. The van der Waals surface area contributed by atoms with Crippen molar-refractivity contribution < 1.29 is 23.7 Å². The zero-order valence-electron chi connectivity index (χ0n) is 17.6. The van der Waals surface area contributed by atoms with Gasteiger partial charge in [0.05, 0.1) is 38.3 Å². The van der Waals surface area contributed by atoms with Gasteiger partial charge in [0, 0.05) is 16.0 Å². The predicted octanol–water partition coefficient (Wildman–Crippen LogP) is 4.23. The molecule has 1 unspecified atom stereocenters. The SMILES string of the molecule is COc1cc(C2C3=C(COC3=O)Nc3n[nH]c(-c4ccc(Br)cc4)c32)cc(OC)c1OC. The number of nitrogens with zero attached hydrogens (tertiary/aromatic N) is 1. The van der Waals surface area contributed by atoms with Crippen molar-refractivity contribution in [2.45, 2.75) is 5.92 Å². The number of methoxy groups -OCH3 is 3. The molecule has 0 radical (unpaired) electrons. The molecule has 2 aromatic carbocycles. The number of aromatic amines is 1. The zero-order chi connectivity index (χ0) is 22.4. The minimum absolute atomic E-state index is 0.176. The molecule has 3 aromatic rings. The van der Waals surface area contributed by atoms with E-state index < -0.39 is 5.92 Å². The molecule has 0 bridgehead atoms. The van der Waals surface area contributed by atoms with Crippen LogP contribution in [-0.4, -0.2) is 44.1 Å². The third kappa shape index (κ3) is 3.12. The van der Waals surface area contributed by atoms with Crippen molar-refractivity contribution in [3.05, 3.63) is 63.3 Å². The van der Waals surface area contributed by atoms with E-state index >= 15 is 0 Å². The highest BCUT2D eigenvalue weighted by atomic mass is 79.9. The van der Waals surface area contributed by atoms with E-state index in [9.17, 15) is 4.79 Å². The average molecular weight is 498 g/mol. The number of H-pyrrole nitrogens is 1. The van der Waals surface area contributed by atoms with Crippen LogP contribution in [0.3, 0.4) is 0 Å². The van der Waals surface area contributed by atoms with Crippen molar-refractivity contribution in [3.8, 4) is 28.5 Å². The van der Waals surface area contributed by atoms with Crippen molar-refractivity contribution in [3.63, 3.8) is 0 Å². The zero-order valence-corrected chi connectivity index (χ0v) is 19.2. The molecule has 1 aromatic heterocycles. The van der Waals surface area contributed by atoms with Gasteiger partial charge in [-0.05, 0) is 35.4 Å². The number of ether oxygens (including phenoxy) is 4. The van der Waals surface area contributed by atoms with Gasteiger partial charge in [0.15, 0.2) is 17.3 Å². The van der Waals surface area contributed by atoms with Crippen LogP contribution < -0.4 is 19.5 Å². The Bertz CT molecular complexity index is 1220. The Morgan fingerprint density at radius 1 is 1.06 bits per heavy atom. The molecule has 32 heavy (non-hydrogen) atoms. The molecular formula is C23H20BrN3O5. The number of carbonyl (C=O) groups is 1. The van der Waals surface area contributed by atoms with Crippen LogP contribution in [0.4, 0.5) is 5.82 Å². The highest BCUT2D eigenvalue weighted by molar-refractivity contribution is 9.10. The molecule has 2 aliphatic heterocycles. The summed E-state index contributed by atoms with van der Waals surface area (Å²) in [5, 5.41) is 10.9. The molecule has 1 atom stereocenters. The van der Waals surface area contributed by atoms with Crippen molar-refractivity contribution in [1.82, 2.24) is 10.2 Å². The minimum atomic E-state index is -0.442. The maximum atomic E-state index is 12.8. The third-order valence-corrected chi connectivity index (χ3v) is 6.23. The first-order chi connectivity index (χ1) is 15.5. The minimum Gasteiger partial charge on any atom is -0.493 e. The molecule has 9 heteroatoms. The van der Waals surface area contributed by atoms with Crippen LogP contribution >= 0.6 is 15.9 Å². The molecule has 3 heterocycles. The summed E-state index contributed by atoms with van der Waals surface area (Å²) in [5.74, 6) is 1.34. The molecule has 164 valence electrons. The van der Waals surface area contributed by atoms with E-state index in [2.05, 4.69) is 31.4 Å². The fraction of sp³-hybridized carbons (Fsp3) is 0.217. The van der Waals surface area contributed by atoms with E-state index in [1.807, 2.05) is 36.4 Å². The maximum absolute atomic E-state index is 12.8. The standard InChI is InChI=1S/C23H20BrN3O5/c1-29-15-8-12(9-16(30-2)21(15)31-3)17-18-14(10-32-23(18)28)25-22-19(17)20(26-27-22)11-4-6-13(24)7-5-11/h4-9,17H,10H2,1-3H3,(H2,25,26,27). The first kappa shape index (κ1) is 20.4. The maximum Gasteiger partial charge on any atom is 0.337 e. The summed E-state index contributed by atoms with van der Waals surface area (Å²) < 4.78 is 22.9. The van der Waals surface area contributed by atoms with E-state index in [1.165, 1.54) is 0 Å². The Morgan fingerprint density at radius 3 is 2.38 bits per heavy atom. The van der Waals surface area contributed by atoms with E-state index in [-0.39, 0.29) is 12.6 Å². The van der Waals surface area contributed by atoms with E-state index in [0.717, 1.165) is 26.9 Å². The number of nitrogens with one attached hydrogen (secondary N) is 2. The summed E-state index contributed by atoms with van der Waals surface area (Å²) >= 11 is 3.48. The number of hydrogen-bond donors (Lipinski definition) is 2. The highest BCUT2D eigenvalue weighted by Gasteiger charge is 2.42. The molecule has 5 rings (SSSR count). The number of benzene rings is 2. The molecule has 0 amide bonds. The topological polar surface area (TPSA) is 94.7 Å². The van der Waals surface area contributed by atoms with Crippen LogP contribution in [-0.2, 0) is 9.53 Å². The smallest absolute Gasteiger partial charge is 0.337 e. The van der Waals surface area contributed by atoms with Crippen LogP contribution in [0.25, 0.3) is 11.3 Å². The Kier molecular flexibility index (Phi) is 5.05. The Balaban J connectivity index is 1.75. The van der Waals surface area contributed by atoms with Crippen LogP contribution in [0.15, 0.2) is 52.1 Å². The normalized spacial score (nSPS) is 16.8. The lowest BCUT2D eigenvalue weighted by Crippen LogP contribution is -2.20. The van der Waals surface area contributed by atoms with Gasteiger partial charge in [0.2, 0.25) is 5.75 Å². The van der Waals surface area contributed by atoms with Crippen LogP contribution in [0.5, 0.6) is 17.2 Å². The molecule has 0 fully saturated rings. The largest absolute Gasteiger partial charge is 0.493 e. The number of hydrogen-bond acceptors (Lipinski definition) is 7. The van der Waals surface area contributed by atoms with E-state index in [0.29, 0.717) is 34.3 Å². The first-order valence-corrected chi connectivity index (χ1v) is 10.7. The number of carbonyl (C=O) groups excluding carboxylic acids is 1. The highest BCUT2D eigenvalue weighted by Crippen LogP contribution is 2.50. The molecular weight excluding hydrogens is 478 g/mol. The Hall–Kier alpha value is -3.46. The summed E-state index contributed by atoms with van der Waals surface area (Å²) in [6.07, 6.45) is 0. The first-order valence-electron chi connectivity index (χ1n) is 9.87. The van der Waals surface area contributed by atoms with Crippen molar-refractivity contribution in [1.29, 1.82) is 0 Å². The number of halogens is 1. The van der Waals surface area contributed by atoms with Crippen molar-refractivity contribution in [2.24, 2.45) is 0 Å². The number of fused-ring (bicyclic) bond motifs is 1. The Labute approximate surface area is 192 Å². The second-order valence-electron chi connectivity index (χ2n) is 7.35. The van der Waals surface area contributed by atoms with Crippen LogP contribution in [0, 0.1) is 0 Å². The summed E-state index contributed by atoms with van der Waals surface area (Å²) in [5.41, 5.74) is 4.65. The fourth-order valence-electron chi connectivity index (χ4n) is 4.26. The second-order valence-corrected chi connectivity index (χ2v) is 8.27. The van der Waals surface area contributed by atoms with E-state index in [1.54, 1.807) is 21.3 Å². The van der Waals surface area contributed by atoms with Gasteiger partial charge in [0.25, 0.3) is 0 Å². The van der Waals surface area contributed by atoms with Gasteiger partial charge in [-0.15, -0.1) is 0 Å². The predicted molar refractivity (Wildman–Crippen MR) is 121 cm³/mol. The molecule has 0 saturated heterocycles. The molecule has 0 spiro atoms. The number of rotatable bonds is 5. The van der Waals surface area contributed by atoms with Crippen molar-refractivity contribution in [2.75, 3.05) is 33.3 Å². The summed E-state index contributed by atoms with van der Waals surface area (Å²) in [6.45, 7) is 0.176. The summed E-state index contributed by atoms with van der Waals surface area (Å²) in [6, 6.07) is 11.6. The molecule has 0 saturated carbocycles. The number of cyclic esters (lactones) is 1. The van der Waals surface area contributed by atoms with Crippen LogP contribution in [0.2, 0.25) is 0 Å². The lowest BCUT2D eigenvalue weighted by molar-refractivity contribution is -0.136. The van der Waals surface area contributed by atoms with Crippen molar-refractivity contribution >= 4 is 27.7 Å². The van der Waals surface area contributed by atoms with Gasteiger partial charge in [-0.2, -0.15) is 5.10 Å². The summed E-state index contributed by atoms with van der Waals surface area (Å²) in [7, 11) is 4.68. The van der Waals surface area contributed by atoms with Crippen LogP contribution in [0.1, 0.15) is 17.0 Å². The Morgan fingerprint density at radius 2 is 1.75 bits per heavy atom. The number of anilines is 1. The number of aromatic nitrogens is 2. The van der Waals surface area contributed by atoms with Gasteiger partial charge >= 0.3 is 5.97 Å². The monoisotopic (exact) mass is 497 g/mol. The molecule has 8 nitrogen and oxygen atoms in total. The summed E-state index contributed by atoms with van der Waals surface area (Å²) in [4.78, 5) is 12.8. The quantitative estimate of drug-likeness (QED) is 0.509. The van der Waals surface area contributed by atoms with Gasteiger partial charge in [-0.1, -0.05) is 28.1 Å². The van der Waals surface area contributed by atoms with Gasteiger partial charge in [-0.3, -0.25) is 5.10 Å².